The molecule has 1 atom stereocenters. The Morgan fingerprint density at radius 1 is 1.50 bits per heavy atom. The Morgan fingerprint density at radius 3 is 2.50 bits per heavy atom. The zero-order valence-corrected chi connectivity index (χ0v) is 8.58. The molecule has 1 aliphatic heterocycles. The van der Waals surface area contributed by atoms with E-state index in [1.54, 1.807) is 0 Å². The fourth-order valence-electron chi connectivity index (χ4n) is 2.06. The van der Waals surface area contributed by atoms with Crippen LogP contribution in [0.15, 0.2) is 0 Å². The number of rotatable bonds is 3. The zero-order chi connectivity index (χ0) is 10.4. The van der Waals surface area contributed by atoms with Gasteiger partial charge in [-0.2, -0.15) is 0 Å². The summed E-state index contributed by atoms with van der Waals surface area (Å²) >= 11 is 0. The van der Waals surface area contributed by atoms with Gasteiger partial charge in [-0.25, -0.2) is 0 Å². The van der Waals surface area contributed by atoms with Crippen molar-refractivity contribution in [2.45, 2.75) is 45.0 Å². The minimum absolute atomic E-state index is 0.0337. The van der Waals surface area contributed by atoms with Gasteiger partial charge in [-0.3, -0.25) is 4.79 Å². The lowest BCUT2D eigenvalue weighted by molar-refractivity contribution is -0.153. The van der Waals surface area contributed by atoms with Crippen LogP contribution in [0.25, 0.3) is 0 Å². The molecule has 2 rings (SSSR count). The summed E-state index contributed by atoms with van der Waals surface area (Å²) in [5, 5.41) is 8.78. The van der Waals surface area contributed by atoms with Crippen LogP contribution in [-0.4, -0.2) is 29.6 Å². The van der Waals surface area contributed by atoms with E-state index in [0.717, 1.165) is 12.8 Å². The average molecular weight is 200 g/mol. The van der Waals surface area contributed by atoms with Crippen LogP contribution in [0.5, 0.6) is 0 Å². The van der Waals surface area contributed by atoms with Crippen molar-refractivity contribution in [3.8, 4) is 0 Å². The van der Waals surface area contributed by atoms with Gasteiger partial charge in [0.15, 0.2) is 5.79 Å². The summed E-state index contributed by atoms with van der Waals surface area (Å²) in [6.07, 6.45) is 2.07. The maximum Gasteiger partial charge on any atom is 0.304 e. The highest BCUT2D eigenvalue weighted by molar-refractivity contribution is 5.68. The number of carbonyl (C=O) groups is 1. The number of ether oxygens (including phenoxy) is 2. The lowest BCUT2D eigenvalue weighted by Crippen LogP contribution is -2.29. The van der Waals surface area contributed by atoms with Crippen molar-refractivity contribution in [1.29, 1.82) is 0 Å². The molecule has 1 heterocycles. The molecule has 0 aromatic heterocycles. The molecule has 1 unspecified atom stereocenters. The zero-order valence-electron chi connectivity index (χ0n) is 8.58. The second kappa shape index (κ2) is 2.94. The number of aliphatic carboxylic acids is 1. The number of carboxylic acid groups (broad SMARTS) is 1. The molecule has 2 fully saturated rings. The predicted octanol–water partition coefficient (Wildman–Crippen LogP) is 1.39. The molecule has 0 aromatic carbocycles. The largest absolute Gasteiger partial charge is 0.481 e. The molecule has 4 heteroatoms. The normalized spacial score (nSPS) is 32.9. The summed E-state index contributed by atoms with van der Waals surface area (Å²) in [7, 11) is 0. The van der Waals surface area contributed by atoms with E-state index in [1.165, 1.54) is 0 Å². The molecule has 80 valence electrons. The molecule has 0 bridgehead atoms. The van der Waals surface area contributed by atoms with Gasteiger partial charge >= 0.3 is 5.97 Å². The average Bonchev–Trinajstić information content (AvgIpc) is 2.69. The smallest absolute Gasteiger partial charge is 0.304 e. The van der Waals surface area contributed by atoms with Crippen molar-refractivity contribution >= 4 is 5.97 Å². The third-order valence-corrected chi connectivity index (χ3v) is 3.09. The highest BCUT2D eigenvalue weighted by atomic mass is 16.7. The Labute approximate surface area is 83.2 Å². The molecule has 1 aliphatic carbocycles. The quantitative estimate of drug-likeness (QED) is 0.748. The van der Waals surface area contributed by atoms with Crippen molar-refractivity contribution < 1.29 is 19.4 Å². The second-order valence-corrected chi connectivity index (χ2v) is 4.75. The van der Waals surface area contributed by atoms with E-state index in [0.29, 0.717) is 6.61 Å². The first-order valence-corrected chi connectivity index (χ1v) is 4.97. The van der Waals surface area contributed by atoms with Crippen LogP contribution in [0.1, 0.15) is 33.1 Å². The van der Waals surface area contributed by atoms with Gasteiger partial charge in [0.25, 0.3) is 0 Å². The van der Waals surface area contributed by atoms with Crippen molar-refractivity contribution in [3.63, 3.8) is 0 Å². The minimum atomic E-state index is -0.740. The van der Waals surface area contributed by atoms with Gasteiger partial charge in [0.05, 0.1) is 19.1 Å². The van der Waals surface area contributed by atoms with E-state index in [4.69, 9.17) is 14.6 Å². The number of hydrogen-bond acceptors (Lipinski definition) is 3. The molecule has 1 N–H and O–H groups in total. The Kier molecular flexibility index (Phi) is 2.08. The molecule has 0 spiro atoms. The molecule has 2 aliphatic rings. The van der Waals surface area contributed by atoms with E-state index in [-0.39, 0.29) is 17.9 Å². The van der Waals surface area contributed by atoms with Crippen LogP contribution in [-0.2, 0) is 14.3 Å². The molecule has 1 saturated carbocycles. The van der Waals surface area contributed by atoms with Crippen LogP contribution in [0, 0.1) is 5.41 Å². The van der Waals surface area contributed by atoms with Crippen LogP contribution in [0.3, 0.4) is 0 Å². The highest BCUT2D eigenvalue weighted by Gasteiger charge is 2.55. The Hall–Kier alpha value is -0.610. The second-order valence-electron chi connectivity index (χ2n) is 4.75. The van der Waals surface area contributed by atoms with Gasteiger partial charge in [-0.05, 0) is 26.7 Å². The predicted molar refractivity (Wildman–Crippen MR) is 48.8 cm³/mol. The summed E-state index contributed by atoms with van der Waals surface area (Å²) in [6, 6.07) is 0. The van der Waals surface area contributed by atoms with Gasteiger partial charge in [0, 0.05) is 5.41 Å². The topological polar surface area (TPSA) is 55.8 Å². The third-order valence-electron chi connectivity index (χ3n) is 3.09. The number of hydrogen-bond donors (Lipinski definition) is 1. The third kappa shape index (κ3) is 1.77. The van der Waals surface area contributed by atoms with Crippen molar-refractivity contribution in [3.05, 3.63) is 0 Å². The van der Waals surface area contributed by atoms with Crippen molar-refractivity contribution in [2.24, 2.45) is 5.41 Å². The first-order valence-electron chi connectivity index (χ1n) is 4.97. The minimum Gasteiger partial charge on any atom is -0.481 e. The monoisotopic (exact) mass is 200 g/mol. The summed E-state index contributed by atoms with van der Waals surface area (Å²) in [5.74, 6) is -1.28. The van der Waals surface area contributed by atoms with E-state index in [2.05, 4.69) is 0 Å². The van der Waals surface area contributed by atoms with E-state index in [1.807, 2.05) is 13.8 Å². The maximum atomic E-state index is 10.7. The van der Waals surface area contributed by atoms with Crippen LogP contribution in [0.4, 0.5) is 0 Å². The maximum absolute atomic E-state index is 10.7. The fourth-order valence-corrected chi connectivity index (χ4v) is 2.06. The molecule has 0 aromatic rings. The van der Waals surface area contributed by atoms with Crippen LogP contribution < -0.4 is 0 Å². The molecule has 14 heavy (non-hydrogen) atoms. The Bertz CT molecular complexity index is 255. The van der Waals surface area contributed by atoms with Crippen molar-refractivity contribution in [2.75, 3.05) is 6.61 Å². The first kappa shape index (κ1) is 9.93. The molecular weight excluding hydrogens is 184 g/mol. The molecule has 0 amide bonds. The van der Waals surface area contributed by atoms with Crippen molar-refractivity contribution in [1.82, 2.24) is 0 Å². The summed E-state index contributed by atoms with van der Waals surface area (Å²) in [4.78, 5) is 10.7. The van der Waals surface area contributed by atoms with E-state index < -0.39 is 11.8 Å². The van der Waals surface area contributed by atoms with Gasteiger partial charge in [-0.1, -0.05) is 0 Å². The summed E-state index contributed by atoms with van der Waals surface area (Å²) in [5.41, 5.74) is -0.139. The highest BCUT2D eigenvalue weighted by Crippen LogP contribution is 2.55. The molecular formula is C10H16O4. The summed E-state index contributed by atoms with van der Waals surface area (Å²) < 4.78 is 11.1. The Morgan fingerprint density at radius 2 is 2.14 bits per heavy atom. The molecule has 1 saturated heterocycles. The van der Waals surface area contributed by atoms with Crippen LogP contribution >= 0.6 is 0 Å². The fraction of sp³-hybridized carbons (Fsp3) is 0.900. The van der Waals surface area contributed by atoms with Gasteiger partial charge in [0.1, 0.15) is 0 Å². The SMILES string of the molecule is CC1(C)OCC(C2(CC(=O)O)CC2)O1. The molecule has 0 radical (unpaired) electrons. The summed E-state index contributed by atoms with van der Waals surface area (Å²) in [6.45, 7) is 4.26. The standard InChI is InChI=1S/C10H16O4/c1-9(2)13-6-7(14-9)10(3-4-10)5-8(11)12/h7H,3-6H2,1-2H3,(H,11,12). The van der Waals surface area contributed by atoms with Crippen LogP contribution in [0.2, 0.25) is 0 Å². The van der Waals surface area contributed by atoms with E-state index in [9.17, 15) is 4.79 Å². The van der Waals surface area contributed by atoms with Gasteiger partial charge in [-0.15, -0.1) is 0 Å². The van der Waals surface area contributed by atoms with Gasteiger partial charge < -0.3 is 14.6 Å². The first-order chi connectivity index (χ1) is 6.44. The number of carboxylic acids is 1. The van der Waals surface area contributed by atoms with E-state index >= 15 is 0 Å². The van der Waals surface area contributed by atoms with Gasteiger partial charge in [0.2, 0.25) is 0 Å². The lowest BCUT2D eigenvalue weighted by Gasteiger charge is -2.22. The lowest BCUT2D eigenvalue weighted by atomic mass is 9.96. The molecule has 4 nitrogen and oxygen atoms in total. The Balaban J connectivity index is 1.99.